The molecule has 0 aliphatic heterocycles. The Balaban J connectivity index is 1.80. The molecular formula is C40H40Br2O2. The zero-order valence-corrected chi connectivity index (χ0v) is 30.0. The van der Waals surface area contributed by atoms with E-state index in [0.717, 1.165) is 42.3 Å². The van der Waals surface area contributed by atoms with Crippen molar-refractivity contribution in [1.82, 2.24) is 0 Å². The largest absolute Gasteiger partial charge is 0.364 e. The van der Waals surface area contributed by atoms with Gasteiger partial charge in [0.2, 0.25) is 0 Å². The van der Waals surface area contributed by atoms with Crippen molar-refractivity contribution in [1.29, 1.82) is 0 Å². The van der Waals surface area contributed by atoms with E-state index in [9.17, 15) is 0 Å². The first-order valence-corrected chi connectivity index (χ1v) is 16.5. The van der Waals surface area contributed by atoms with E-state index in [1.54, 1.807) is 0 Å². The summed E-state index contributed by atoms with van der Waals surface area (Å²) in [6.07, 6.45) is 0. The van der Waals surface area contributed by atoms with Crippen LogP contribution in [0.1, 0.15) is 66.8 Å². The molecule has 0 saturated heterocycles. The normalized spacial score (nSPS) is 14.2. The minimum absolute atomic E-state index is 0.815. The zero-order valence-electron chi connectivity index (χ0n) is 26.8. The third-order valence-electron chi connectivity index (χ3n) is 8.87. The molecule has 0 radical (unpaired) electrons. The fraction of sp³-hybridized carbons (Fsp3) is 0.250. The van der Waals surface area contributed by atoms with Gasteiger partial charge in [0.05, 0.1) is 0 Å². The summed E-state index contributed by atoms with van der Waals surface area (Å²) >= 11 is 7.26. The van der Waals surface area contributed by atoms with Crippen LogP contribution >= 0.6 is 31.9 Å². The van der Waals surface area contributed by atoms with Crippen LogP contribution in [0.2, 0.25) is 0 Å². The van der Waals surface area contributed by atoms with Gasteiger partial charge >= 0.3 is 0 Å². The van der Waals surface area contributed by atoms with Gasteiger partial charge in [-0.1, -0.05) is 116 Å². The summed E-state index contributed by atoms with van der Waals surface area (Å²) in [6, 6.07) is 34.8. The van der Waals surface area contributed by atoms with E-state index in [4.69, 9.17) is 9.47 Å². The maximum Gasteiger partial charge on any atom is 0.143 e. The highest BCUT2D eigenvalue weighted by Gasteiger charge is 2.42. The SMILES string of the molecule is COC(c1ccc(Br)cc1)(c1ccc(C(OC)(c2ccc(Br)cc2)c2c(C)cc(C)cc2C)cc1)c1c(C)cc(C)cc1C. The lowest BCUT2D eigenvalue weighted by Gasteiger charge is -2.39. The van der Waals surface area contributed by atoms with Crippen LogP contribution in [0.5, 0.6) is 0 Å². The van der Waals surface area contributed by atoms with Gasteiger partial charge in [-0.05, 0) is 121 Å². The lowest BCUT2D eigenvalue weighted by atomic mass is 9.73. The standard InChI is InChI=1S/C40H40Br2O2/c1-25-21-27(3)37(28(4)22-25)39(43-7,33-13-17-35(41)18-14-33)31-9-11-32(12-10-31)40(44-8,34-15-19-36(42)20-16-34)38-29(5)23-26(2)24-30(38)6/h9-24H,1-8H3. The Labute approximate surface area is 279 Å². The lowest BCUT2D eigenvalue weighted by Crippen LogP contribution is -2.35. The Morgan fingerprint density at radius 3 is 0.864 bits per heavy atom. The molecule has 0 aliphatic carbocycles. The van der Waals surface area contributed by atoms with Gasteiger partial charge in [0.1, 0.15) is 11.2 Å². The number of rotatable bonds is 8. The lowest BCUT2D eigenvalue weighted by molar-refractivity contribution is 0.0544. The summed E-state index contributed by atoms with van der Waals surface area (Å²) in [5.74, 6) is 0. The average molecular weight is 713 g/mol. The first-order chi connectivity index (χ1) is 21.0. The number of aryl methyl sites for hydroxylation is 6. The summed E-state index contributed by atoms with van der Waals surface area (Å²) in [7, 11) is 3.63. The second-order valence-corrected chi connectivity index (χ2v) is 13.7. The molecule has 2 atom stereocenters. The number of methoxy groups -OCH3 is 2. The highest BCUT2D eigenvalue weighted by atomic mass is 79.9. The molecule has 0 fully saturated rings. The molecule has 2 unspecified atom stereocenters. The summed E-state index contributed by atoms with van der Waals surface area (Å²) in [4.78, 5) is 0. The van der Waals surface area contributed by atoms with E-state index < -0.39 is 11.2 Å². The highest BCUT2D eigenvalue weighted by molar-refractivity contribution is 9.10. The van der Waals surface area contributed by atoms with Gasteiger partial charge in [-0.3, -0.25) is 0 Å². The number of halogens is 2. The van der Waals surface area contributed by atoms with Crippen molar-refractivity contribution in [2.45, 2.75) is 52.7 Å². The monoisotopic (exact) mass is 710 g/mol. The molecule has 44 heavy (non-hydrogen) atoms. The Morgan fingerprint density at radius 1 is 0.409 bits per heavy atom. The van der Waals surface area contributed by atoms with Crippen LogP contribution in [-0.4, -0.2) is 14.2 Å². The molecule has 0 aromatic heterocycles. The number of hydrogen-bond donors (Lipinski definition) is 0. The Hall–Kier alpha value is -3.02. The van der Waals surface area contributed by atoms with Crippen LogP contribution in [0.15, 0.2) is 106 Å². The molecule has 0 bridgehead atoms. The Bertz CT molecular complexity index is 1610. The van der Waals surface area contributed by atoms with Gasteiger partial charge in [-0.2, -0.15) is 0 Å². The van der Waals surface area contributed by atoms with Gasteiger partial charge in [-0.25, -0.2) is 0 Å². The van der Waals surface area contributed by atoms with E-state index >= 15 is 0 Å². The maximum absolute atomic E-state index is 6.67. The van der Waals surface area contributed by atoms with E-state index in [1.807, 2.05) is 14.2 Å². The molecule has 5 rings (SSSR count). The van der Waals surface area contributed by atoms with Crippen molar-refractivity contribution in [3.05, 3.63) is 173 Å². The summed E-state index contributed by atoms with van der Waals surface area (Å²) in [6.45, 7) is 13.0. The highest BCUT2D eigenvalue weighted by Crippen LogP contribution is 2.47. The summed E-state index contributed by atoms with van der Waals surface area (Å²) in [5, 5.41) is 0. The van der Waals surface area contributed by atoms with Crippen molar-refractivity contribution in [3.8, 4) is 0 Å². The molecule has 5 aromatic carbocycles. The smallest absolute Gasteiger partial charge is 0.143 e. The van der Waals surface area contributed by atoms with Crippen LogP contribution in [0, 0.1) is 41.5 Å². The van der Waals surface area contributed by atoms with Crippen LogP contribution < -0.4 is 0 Å². The van der Waals surface area contributed by atoms with Gasteiger partial charge < -0.3 is 9.47 Å². The molecule has 0 N–H and O–H groups in total. The molecule has 226 valence electrons. The maximum atomic E-state index is 6.67. The van der Waals surface area contributed by atoms with E-state index in [1.165, 1.54) is 33.4 Å². The zero-order chi connectivity index (χ0) is 31.8. The minimum Gasteiger partial charge on any atom is -0.364 e. The topological polar surface area (TPSA) is 18.5 Å². The fourth-order valence-electron chi connectivity index (χ4n) is 7.37. The molecular weight excluding hydrogens is 672 g/mol. The van der Waals surface area contributed by atoms with Crippen LogP contribution in [0.25, 0.3) is 0 Å². The molecule has 5 aromatic rings. The predicted molar refractivity (Wildman–Crippen MR) is 190 cm³/mol. The minimum atomic E-state index is -0.815. The van der Waals surface area contributed by atoms with Crippen molar-refractivity contribution in [2.75, 3.05) is 14.2 Å². The molecule has 2 nitrogen and oxygen atoms in total. The predicted octanol–water partition coefficient (Wildman–Crippen LogP) is 10.9. The van der Waals surface area contributed by atoms with Crippen LogP contribution in [0.3, 0.4) is 0 Å². The third-order valence-corrected chi connectivity index (χ3v) is 9.93. The van der Waals surface area contributed by atoms with E-state index in [0.29, 0.717) is 0 Å². The second kappa shape index (κ2) is 12.8. The van der Waals surface area contributed by atoms with Crippen molar-refractivity contribution >= 4 is 31.9 Å². The number of benzene rings is 5. The van der Waals surface area contributed by atoms with Gasteiger partial charge in [0.25, 0.3) is 0 Å². The first-order valence-electron chi connectivity index (χ1n) is 14.9. The van der Waals surface area contributed by atoms with Crippen molar-refractivity contribution in [2.24, 2.45) is 0 Å². The van der Waals surface area contributed by atoms with Crippen molar-refractivity contribution < 1.29 is 9.47 Å². The Morgan fingerprint density at radius 2 is 0.636 bits per heavy atom. The number of hydrogen-bond acceptors (Lipinski definition) is 2. The van der Waals surface area contributed by atoms with Crippen LogP contribution in [-0.2, 0) is 20.7 Å². The molecule has 0 aliphatic rings. The molecule has 4 heteroatoms. The second-order valence-electron chi connectivity index (χ2n) is 11.9. The summed E-state index contributed by atoms with van der Waals surface area (Å²) < 4.78 is 15.4. The van der Waals surface area contributed by atoms with Gasteiger partial charge in [0.15, 0.2) is 0 Å². The average Bonchev–Trinajstić information content (AvgIpc) is 2.98. The quantitative estimate of drug-likeness (QED) is 0.149. The Kier molecular flexibility index (Phi) is 9.39. The van der Waals surface area contributed by atoms with Crippen molar-refractivity contribution in [3.63, 3.8) is 0 Å². The van der Waals surface area contributed by atoms with Gasteiger partial charge in [-0.15, -0.1) is 0 Å². The fourth-order valence-corrected chi connectivity index (χ4v) is 7.89. The third kappa shape index (κ3) is 5.51. The molecule has 0 spiro atoms. The first kappa shape index (κ1) is 32.4. The van der Waals surface area contributed by atoms with Crippen LogP contribution in [0.4, 0.5) is 0 Å². The van der Waals surface area contributed by atoms with E-state index in [-0.39, 0.29) is 0 Å². The van der Waals surface area contributed by atoms with E-state index in [2.05, 4.69) is 170 Å². The summed E-state index contributed by atoms with van der Waals surface area (Å²) in [5.41, 5.74) is 12.2. The van der Waals surface area contributed by atoms with Gasteiger partial charge in [0, 0.05) is 23.2 Å². The molecule has 0 saturated carbocycles. The molecule has 0 heterocycles. The molecule has 0 amide bonds. The number of ether oxygens (including phenoxy) is 2.